The highest BCUT2D eigenvalue weighted by Crippen LogP contribution is 2.40. The Balaban J connectivity index is 1.90. The average molecular weight is 636 g/mol. The molecule has 1 aliphatic heterocycles. The summed E-state index contributed by atoms with van der Waals surface area (Å²) in [4.78, 5) is 46.8. The number of fused-ring (bicyclic) bond motifs is 4. The molecule has 3 heterocycles. The molecule has 1 atom stereocenters. The van der Waals surface area contributed by atoms with E-state index in [9.17, 15) is 19.5 Å². The SMILES string of the molecule is CCc1c2c(nc3cc(Cl)c(Cl)cc13)-c1cc([C@@](O)(CC)C(=O)NCCN(C)C)c(COC(=O)CCSC)c(=O)n1C2. The van der Waals surface area contributed by atoms with Crippen molar-refractivity contribution in [2.24, 2.45) is 0 Å². The molecule has 0 unspecified atom stereocenters. The molecule has 2 N–H and O–H groups in total. The Kier molecular flexibility index (Phi) is 10.3. The van der Waals surface area contributed by atoms with Crippen molar-refractivity contribution in [1.29, 1.82) is 0 Å². The molecule has 1 amide bonds. The van der Waals surface area contributed by atoms with E-state index in [0.717, 1.165) is 16.5 Å². The smallest absolute Gasteiger partial charge is 0.306 e. The molecule has 0 aliphatic carbocycles. The molecule has 0 spiro atoms. The van der Waals surface area contributed by atoms with Crippen LogP contribution in [-0.4, -0.2) is 70.6 Å². The van der Waals surface area contributed by atoms with Crippen LogP contribution >= 0.6 is 35.0 Å². The van der Waals surface area contributed by atoms with Crippen LogP contribution in [0.2, 0.25) is 10.0 Å². The molecule has 4 rings (SSSR count). The van der Waals surface area contributed by atoms with Gasteiger partial charge in [-0.05, 0) is 57.0 Å². The monoisotopic (exact) mass is 634 g/mol. The van der Waals surface area contributed by atoms with Gasteiger partial charge in [0.25, 0.3) is 11.5 Å². The van der Waals surface area contributed by atoms with Crippen molar-refractivity contribution in [3.63, 3.8) is 0 Å². The van der Waals surface area contributed by atoms with Gasteiger partial charge in [-0.3, -0.25) is 14.4 Å². The number of esters is 1. The lowest BCUT2D eigenvalue weighted by atomic mass is 9.86. The van der Waals surface area contributed by atoms with Crippen LogP contribution in [0.5, 0.6) is 0 Å². The van der Waals surface area contributed by atoms with Gasteiger partial charge in [-0.15, -0.1) is 0 Å². The fraction of sp³-hybridized carbons (Fsp3) is 0.467. The number of amides is 1. The van der Waals surface area contributed by atoms with Gasteiger partial charge in [-0.1, -0.05) is 37.0 Å². The van der Waals surface area contributed by atoms with Gasteiger partial charge >= 0.3 is 5.97 Å². The third-order valence-electron chi connectivity index (χ3n) is 7.62. The average Bonchev–Trinajstić information content (AvgIpc) is 3.32. The van der Waals surface area contributed by atoms with E-state index in [2.05, 4.69) is 5.32 Å². The van der Waals surface area contributed by atoms with Crippen LogP contribution in [0.4, 0.5) is 0 Å². The molecule has 0 bridgehead atoms. The molecule has 0 radical (unpaired) electrons. The topological polar surface area (TPSA) is 114 Å². The highest BCUT2D eigenvalue weighted by atomic mass is 35.5. The lowest BCUT2D eigenvalue weighted by molar-refractivity contribution is -0.144. The zero-order valence-corrected chi connectivity index (χ0v) is 26.8. The molecule has 3 aromatic rings. The number of likely N-dealkylation sites (N-methyl/N-ethyl adjacent to an activating group) is 1. The Morgan fingerprint density at radius 1 is 1.19 bits per heavy atom. The second-order valence-corrected chi connectivity index (χ2v) is 12.3. The van der Waals surface area contributed by atoms with E-state index in [4.69, 9.17) is 32.9 Å². The summed E-state index contributed by atoms with van der Waals surface area (Å²) < 4.78 is 7.06. The summed E-state index contributed by atoms with van der Waals surface area (Å²) >= 11 is 14.2. The maximum Gasteiger partial charge on any atom is 0.306 e. The molecule has 12 heteroatoms. The van der Waals surface area contributed by atoms with Crippen molar-refractivity contribution in [3.8, 4) is 11.4 Å². The number of aryl methyl sites for hydroxylation is 1. The largest absolute Gasteiger partial charge is 0.461 e. The number of nitrogens with one attached hydrogen (secondary N) is 1. The van der Waals surface area contributed by atoms with E-state index < -0.39 is 23.0 Å². The standard InChI is InChI=1S/C30H36Cl2N4O5S/c1-6-17-18-12-22(31)23(32)14-24(18)34-27-19(17)15-36-25(27)13-21(20(28(36)38)16-41-26(37)8-11-42-5)30(40,7-2)29(39)33-9-10-35(3)4/h12-14,40H,6-11,15-16H2,1-5H3,(H,33,39)/t30-/m0/s1. The number of rotatable bonds is 12. The first kappa shape index (κ1) is 32.3. The van der Waals surface area contributed by atoms with Gasteiger partial charge in [0.05, 0.1) is 45.5 Å². The number of benzene rings is 1. The number of hydrogen-bond acceptors (Lipinski definition) is 8. The minimum Gasteiger partial charge on any atom is -0.461 e. The third-order valence-corrected chi connectivity index (χ3v) is 8.96. The van der Waals surface area contributed by atoms with Gasteiger partial charge in [0.2, 0.25) is 0 Å². The Morgan fingerprint density at radius 3 is 2.55 bits per heavy atom. The maximum atomic E-state index is 14.1. The van der Waals surface area contributed by atoms with Gasteiger partial charge < -0.3 is 24.6 Å². The van der Waals surface area contributed by atoms with Crippen molar-refractivity contribution in [1.82, 2.24) is 19.8 Å². The van der Waals surface area contributed by atoms with E-state index in [1.54, 1.807) is 29.7 Å². The van der Waals surface area contributed by atoms with Crippen molar-refractivity contribution >= 4 is 57.7 Å². The van der Waals surface area contributed by atoms with Crippen molar-refractivity contribution in [2.75, 3.05) is 39.2 Å². The van der Waals surface area contributed by atoms with Crippen LogP contribution in [0.15, 0.2) is 23.0 Å². The Hall–Kier alpha value is -2.63. The van der Waals surface area contributed by atoms with Crippen molar-refractivity contribution in [3.05, 3.63) is 60.9 Å². The summed E-state index contributed by atoms with van der Waals surface area (Å²) in [5.74, 6) is -0.523. The summed E-state index contributed by atoms with van der Waals surface area (Å²) in [7, 11) is 3.76. The van der Waals surface area contributed by atoms with Gasteiger partial charge in [0, 0.05) is 35.4 Å². The summed E-state index contributed by atoms with van der Waals surface area (Å²) in [5.41, 5.74) is 1.17. The molecule has 9 nitrogen and oxygen atoms in total. The number of aliphatic hydroxyl groups is 1. The Bertz CT molecular complexity index is 1590. The zero-order valence-electron chi connectivity index (χ0n) is 24.5. The van der Waals surface area contributed by atoms with E-state index in [-0.39, 0.29) is 37.1 Å². The number of carbonyl (C=O) groups excluding carboxylic acids is 2. The molecule has 1 aromatic carbocycles. The second kappa shape index (κ2) is 13.3. The summed E-state index contributed by atoms with van der Waals surface area (Å²) in [5, 5.41) is 16.3. The predicted octanol–water partition coefficient (Wildman–Crippen LogP) is 4.37. The Morgan fingerprint density at radius 2 is 1.90 bits per heavy atom. The molecule has 0 saturated heterocycles. The number of nitrogens with zero attached hydrogens (tertiary/aromatic N) is 3. The molecule has 0 saturated carbocycles. The van der Waals surface area contributed by atoms with Gasteiger partial charge in [0.1, 0.15) is 6.61 Å². The highest BCUT2D eigenvalue weighted by molar-refractivity contribution is 7.98. The van der Waals surface area contributed by atoms with E-state index in [1.807, 2.05) is 32.2 Å². The van der Waals surface area contributed by atoms with Gasteiger partial charge in [-0.2, -0.15) is 11.8 Å². The number of carbonyl (C=O) groups is 2. The summed E-state index contributed by atoms with van der Waals surface area (Å²) in [6.45, 7) is 4.43. The number of hydrogen-bond donors (Lipinski definition) is 2. The molecule has 0 fully saturated rings. The third kappa shape index (κ3) is 6.19. The second-order valence-electron chi connectivity index (χ2n) is 10.5. The van der Waals surface area contributed by atoms with E-state index in [1.165, 1.54) is 11.8 Å². The van der Waals surface area contributed by atoms with Crippen LogP contribution in [0.25, 0.3) is 22.3 Å². The quantitative estimate of drug-likeness (QED) is 0.221. The van der Waals surface area contributed by atoms with Crippen LogP contribution in [-0.2, 0) is 39.5 Å². The number of thioether (sulfide) groups is 1. The van der Waals surface area contributed by atoms with Gasteiger partial charge in [0.15, 0.2) is 5.60 Å². The summed E-state index contributed by atoms with van der Waals surface area (Å²) in [6, 6.07) is 5.13. The van der Waals surface area contributed by atoms with Crippen molar-refractivity contribution in [2.45, 2.75) is 51.9 Å². The fourth-order valence-electron chi connectivity index (χ4n) is 5.28. The lowest BCUT2D eigenvalue weighted by Gasteiger charge is -2.29. The first-order chi connectivity index (χ1) is 20.0. The molecule has 226 valence electrons. The number of pyridine rings is 2. The van der Waals surface area contributed by atoms with E-state index in [0.29, 0.717) is 52.2 Å². The minimum atomic E-state index is -2.05. The van der Waals surface area contributed by atoms with Gasteiger partial charge in [-0.25, -0.2) is 4.98 Å². The number of ether oxygens (including phenoxy) is 1. The minimum absolute atomic E-state index is 0.0105. The molecular formula is C30H36Cl2N4O5S. The molecule has 1 aliphatic rings. The fourth-order valence-corrected chi connectivity index (χ4v) is 5.97. The van der Waals surface area contributed by atoms with E-state index >= 15 is 0 Å². The first-order valence-corrected chi connectivity index (χ1v) is 16.0. The first-order valence-electron chi connectivity index (χ1n) is 13.8. The van der Waals surface area contributed by atoms with Crippen molar-refractivity contribution < 1.29 is 19.4 Å². The zero-order chi connectivity index (χ0) is 30.8. The highest BCUT2D eigenvalue weighted by Gasteiger charge is 2.41. The van der Waals surface area contributed by atoms with Crippen LogP contribution in [0, 0.1) is 0 Å². The number of halogens is 2. The lowest BCUT2D eigenvalue weighted by Crippen LogP contribution is -2.47. The number of aromatic nitrogens is 2. The molecular weight excluding hydrogens is 599 g/mol. The Labute approximate surface area is 259 Å². The van der Waals surface area contributed by atoms with Crippen LogP contribution in [0.3, 0.4) is 0 Å². The predicted molar refractivity (Wildman–Crippen MR) is 168 cm³/mol. The van der Waals surface area contributed by atoms with Crippen LogP contribution in [0.1, 0.15) is 48.9 Å². The molecule has 42 heavy (non-hydrogen) atoms. The maximum absolute atomic E-state index is 14.1. The molecule has 2 aromatic heterocycles. The normalized spacial score (nSPS) is 13.6. The van der Waals surface area contributed by atoms with Crippen LogP contribution < -0.4 is 10.9 Å². The summed E-state index contributed by atoms with van der Waals surface area (Å²) in [6.07, 6.45) is 2.71.